The molecule has 9 nitrogen and oxygen atoms in total. The van der Waals surface area contributed by atoms with Crippen LogP contribution in [-0.2, 0) is 14.1 Å². The number of pyridine rings is 1. The topological polar surface area (TPSA) is 93.8 Å². The average molecular weight is 437 g/mol. The van der Waals surface area contributed by atoms with Crippen molar-refractivity contribution in [3.05, 3.63) is 51.2 Å². The van der Waals surface area contributed by atoms with Crippen LogP contribution in [0.2, 0.25) is 0 Å². The van der Waals surface area contributed by atoms with Crippen LogP contribution in [0.4, 0.5) is 0 Å². The summed E-state index contributed by atoms with van der Waals surface area (Å²) >= 11 is 0. The molecule has 166 valence electrons. The number of aromatic nitrogens is 3. The van der Waals surface area contributed by atoms with Gasteiger partial charge >= 0.3 is 5.69 Å². The zero-order chi connectivity index (χ0) is 23.2. The molecule has 0 spiro atoms. The number of fused-ring (bicyclic) bond motifs is 3. The lowest BCUT2D eigenvalue weighted by Gasteiger charge is -2.17. The van der Waals surface area contributed by atoms with E-state index in [1.807, 2.05) is 0 Å². The third-order valence-electron chi connectivity index (χ3n) is 5.54. The predicted octanol–water partition coefficient (Wildman–Crippen LogP) is 2.49. The van der Waals surface area contributed by atoms with Gasteiger partial charge in [-0.1, -0.05) is 0 Å². The SMILES string of the molecule is COc1cc(OC)c2c(c1)nc(-c1ccc(OC)c(OC)c1)c1c(=O)n(C)c(=O)n(C)c12. The highest BCUT2D eigenvalue weighted by Crippen LogP contribution is 2.39. The number of aryl methyl sites for hydroxylation is 1. The lowest BCUT2D eigenvalue weighted by Crippen LogP contribution is -2.37. The molecular formula is C23H23N3O6. The van der Waals surface area contributed by atoms with Crippen LogP contribution < -0.4 is 30.2 Å². The van der Waals surface area contributed by atoms with Crippen LogP contribution in [0.1, 0.15) is 0 Å². The second-order valence-electron chi connectivity index (χ2n) is 7.18. The molecule has 32 heavy (non-hydrogen) atoms. The van der Waals surface area contributed by atoms with Crippen molar-refractivity contribution in [3.63, 3.8) is 0 Å². The Balaban J connectivity index is 2.28. The highest BCUT2D eigenvalue weighted by Gasteiger charge is 2.22. The van der Waals surface area contributed by atoms with Gasteiger partial charge in [0.15, 0.2) is 11.5 Å². The van der Waals surface area contributed by atoms with Crippen LogP contribution in [0.25, 0.3) is 33.1 Å². The van der Waals surface area contributed by atoms with Crippen LogP contribution in [0, 0.1) is 0 Å². The van der Waals surface area contributed by atoms with E-state index in [0.29, 0.717) is 50.7 Å². The highest BCUT2D eigenvalue weighted by molar-refractivity contribution is 6.11. The zero-order valence-electron chi connectivity index (χ0n) is 18.7. The molecule has 9 heteroatoms. The molecule has 2 heterocycles. The molecular weight excluding hydrogens is 414 g/mol. The lowest BCUT2D eigenvalue weighted by molar-refractivity contribution is 0.355. The fourth-order valence-electron chi connectivity index (χ4n) is 3.90. The van der Waals surface area contributed by atoms with Crippen molar-refractivity contribution in [2.45, 2.75) is 0 Å². The third kappa shape index (κ3) is 3.05. The second kappa shape index (κ2) is 7.92. The summed E-state index contributed by atoms with van der Waals surface area (Å²) in [7, 11) is 9.20. The molecule has 0 saturated carbocycles. The van der Waals surface area contributed by atoms with Crippen LogP contribution in [-0.4, -0.2) is 42.6 Å². The summed E-state index contributed by atoms with van der Waals surface area (Å²) < 4.78 is 24.2. The minimum absolute atomic E-state index is 0.290. The van der Waals surface area contributed by atoms with E-state index in [4.69, 9.17) is 23.9 Å². The Kier molecular flexibility index (Phi) is 5.25. The fraction of sp³-hybridized carbons (Fsp3) is 0.261. The van der Waals surface area contributed by atoms with E-state index < -0.39 is 11.2 Å². The van der Waals surface area contributed by atoms with E-state index in [2.05, 4.69) is 0 Å². The normalized spacial score (nSPS) is 11.1. The number of nitrogens with zero attached hydrogens (tertiary/aromatic N) is 3. The van der Waals surface area contributed by atoms with E-state index in [9.17, 15) is 9.59 Å². The Morgan fingerprint density at radius 1 is 0.750 bits per heavy atom. The Morgan fingerprint density at radius 2 is 1.44 bits per heavy atom. The smallest absolute Gasteiger partial charge is 0.330 e. The van der Waals surface area contributed by atoms with Gasteiger partial charge < -0.3 is 18.9 Å². The Hall–Kier alpha value is -4.01. The minimum Gasteiger partial charge on any atom is -0.497 e. The number of hydrogen-bond acceptors (Lipinski definition) is 7. The van der Waals surface area contributed by atoms with Gasteiger partial charge in [-0.3, -0.25) is 13.9 Å². The molecule has 0 bridgehead atoms. The van der Waals surface area contributed by atoms with Gasteiger partial charge in [-0.2, -0.15) is 0 Å². The van der Waals surface area contributed by atoms with E-state index in [1.54, 1.807) is 51.6 Å². The number of ether oxygens (including phenoxy) is 4. The highest BCUT2D eigenvalue weighted by atomic mass is 16.5. The first-order valence-electron chi connectivity index (χ1n) is 9.74. The van der Waals surface area contributed by atoms with Crippen LogP contribution in [0.5, 0.6) is 23.0 Å². The van der Waals surface area contributed by atoms with Crippen molar-refractivity contribution in [3.8, 4) is 34.3 Å². The maximum Gasteiger partial charge on any atom is 0.330 e. The quantitative estimate of drug-likeness (QED) is 0.443. The van der Waals surface area contributed by atoms with Crippen molar-refractivity contribution in [2.75, 3.05) is 28.4 Å². The number of rotatable bonds is 5. The van der Waals surface area contributed by atoms with Crippen molar-refractivity contribution in [1.29, 1.82) is 0 Å². The maximum atomic E-state index is 13.3. The second-order valence-corrected chi connectivity index (χ2v) is 7.18. The molecule has 2 aromatic heterocycles. The lowest BCUT2D eigenvalue weighted by atomic mass is 10.0. The molecule has 4 aromatic rings. The molecule has 0 aliphatic carbocycles. The van der Waals surface area contributed by atoms with Gasteiger partial charge in [-0.15, -0.1) is 0 Å². The summed E-state index contributed by atoms with van der Waals surface area (Å²) in [4.78, 5) is 30.9. The van der Waals surface area contributed by atoms with Gasteiger partial charge in [0.2, 0.25) is 0 Å². The molecule has 2 aromatic carbocycles. The maximum absolute atomic E-state index is 13.3. The van der Waals surface area contributed by atoms with Gasteiger partial charge in [-0.25, -0.2) is 9.78 Å². The third-order valence-corrected chi connectivity index (χ3v) is 5.54. The van der Waals surface area contributed by atoms with Gasteiger partial charge in [0.25, 0.3) is 5.56 Å². The predicted molar refractivity (Wildman–Crippen MR) is 121 cm³/mol. The molecule has 0 aliphatic heterocycles. The Labute approximate surface area is 183 Å². The summed E-state index contributed by atoms with van der Waals surface area (Å²) in [5, 5.41) is 0.836. The molecule has 0 atom stereocenters. The van der Waals surface area contributed by atoms with Gasteiger partial charge in [0, 0.05) is 31.8 Å². The first kappa shape index (κ1) is 21.2. The first-order chi connectivity index (χ1) is 15.4. The monoisotopic (exact) mass is 437 g/mol. The van der Waals surface area contributed by atoms with Crippen molar-refractivity contribution in [2.24, 2.45) is 14.1 Å². The fourth-order valence-corrected chi connectivity index (χ4v) is 3.90. The summed E-state index contributed by atoms with van der Waals surface area (Å²) in [5.41, 5.74) is 1.06. The summed E-state index contributed by atoms with van der Waals surface area (Å²) in [6, 6.07) is 8.71. The molecule has 0 amide bonds. The summed E-state index contributed by atoms with van der Waals surface area (Å²) in [6.45, 7) is 0. The van der Waals surface area contributed by atoms with Crippen molar-refractivity contribution >= 4 is 21.8 Å². The van der Waals surface area contributed by atoms with E-state index in [-0.39, 0.29) is 5.39 Å². The molecule has 0 N–H and O–H groups in total. The van der Waals surface area contributed by atoms with E-state index in [0.717, 1.165) is 4.57 Å². The Morgan fingerprint density at radius 3 is 2.06 bits per heavy atom. The zero-order valence-corrected chi connectivity index (χ0v) is 18.7. The number of hydrogen-bond donors (Lipinski definition) is 0. The molecule has 0 aliphatic rings. The van der Waals surface area contributed by atoms with Gasteiger partial charge in [-0.05, 0) is 18.2 Å². The van der Waals surface area contributed by atoms with Crippen LogP contribution in [0.3, 0.4) is 0 Å². The largest absolute Gasteiger partial charge is 0.497 e. The van der Waals surface area contributed by atoms with Gasteiger partial charge in [0.1, 0.15) is 11.5 Å². The molecule has 4 rings (SSSR count). The van der Waals surface area contributed by atoms with E-state index >= 15 is 0 Å². The summed E-state index contributed by atoms with van der Waals surface area (Å²) in [5.74, 6) is 2.02. The van der Waals surface area contributed by atoms with Crippen molar-refractivity contribution < 1.29 is 18.9 Å². The average Bonchev–Trinajstić information content (AvgIpc) is 2.83. The van der Waals surface area contributed by atoms with Crippen LogP contribution >= 0.6 is 0 Å². The molecule has 0 unspecified atom stereocenters. The molecule has 0 saturated heterocycles. The molecule has 0 fully saturated rings. The first-order valence-corrected chi connectivity index (χ1v) is 9.74. The van der Waals surface area contributed by atoms with Crippen molar-refractivity contribution in [1.82, 2.24) is 14.1 Å². The minimum atomic E-state index is -0.458. The standard InChI is InChI=1S/C23H23N3O6/c1-25-21-18-14(10-13(29-3)11-17(18)32-6)24-20(19(21)22(27)26(2)23(25)28)12-7-8-15(30-4)16(9-12)31-5/h7-11H,1-6H3. The number of benzene rings is 2. The van der Waals surface area contributed by atoms with Crippen LogP contribution in [0.15, 0.2) is 39.9 Å². The molecule has 0 radical (unpaired) electrons. The van der Waals surface area contributed by atoms with Gasteiger partial charge in [0.05, 0.1) is 55.9 Å². The number of methoxy groups -OCH3 is 4. The van der Waals surface area contributed by atoms with E-state index in [1.165, 1.54) is 25.8 Å². The summed E-state index contributed by atoms with van der Waals surface area (Å²) in [6.07, 6.45) is 0. The Bertz CT molecular complexity index is 1490.